The van der Waals surface area contributed by atoms with Gasteiger partial charge in [-0.05, 0) is 31.1 Å². The topological polar surface area (TPSA) is 75.3 Å². The number of hydrogen-bond donors (Lipinski definition) is 3. The highest BCUT2D eigenvalue weighted by molar-refractivity contribution is 5.81. The van der Waals surface area contributed by atoms with E-state index in [1.165, 1.54) is 64.2 Å². The molecule has 2 saturated carbocycles. The van der Waals surface area contributed by atoms with Crippen LogP contribution in [0.4, 0.5) is 0 Å². The summed E-state index contributed by atoms with van der Waals surface area (Å²) in [6.07, 6.45) is 12.2. The number of rotatable bonds is 6. The summed E-state index contributed by atoms with van der Waals surface area (Å²) in [5.74, 6) is 0.905. The van der Waals surface area contributed by atoms with Crippen molar-refractivity contribution in [2.45, 2.75) is 82.8 Å². The fourth-order valence-electron chi connectivity index (χ4n) is 3.87. The lowest BCUT2D eigenvalue weighted by Gasteiger charge is -2.27. The molecule has 0 saturated heterocycles. The van der Waals surface area contributed by atoms with E-state index in [9.17, 15) is 9.90 Å². The van der Waals surface area contributed by atoms with Gasteiger partial charge in [-0.25, -0.2) is 0 Å². The average Bonchev–Trinajstić information content (AvgIpc) is 2.53. The zero-order chi connectivity index (χ0) is 15.1. The Morgan fingerprint density at radius 2 is 1.52 bits per heavy atom. The molecule has 0 spiro atoms. The second kappa shape index (κ2) is 8.74. The normalized spacial score (nSPS) is 24.5. The quantitative estimate of drug-likeness (QED) is 0.704. The van der Waals surface area contributed by atoms with Gasteiger partial charge in [0.2, 0.25) is 5.91 Å². The predicted octanol–water partition coefficient (Wildman–Crippen LogP) is 2.34. The van der Waals surface area contributed by atoms with Crippen LogP contribution in [0.1, 0.15) is 70.6 Å². The van der Waals surface area contributed by atoms with Crippen LogP contribution in [-0.2, 0) is 4.79 Å². The maximum atomic E-state index is 12.0. The Kier molecular flexibility index (Phi) is 6.97. The molecule has 1 amide bonds. The number of aliphatic hydroxyl groups excluding tert-OH is 1. The Morgan fingerprint density at radius 3 is 2.10 bits per heavy atom. The Balaban J connectivity index is 1.67. The number of nitrogens with one attached hydrogen (secondary N) is 1. The molecule has 2 rings (SSSR count). The molecule has 0 heterocycles. The molecule has 4 heteroatoms. The average molecular weight is 296 g/mol. The summed E-state index contributed by atoms with van der Waals surface area (Å²) in [6.45, 7) is 0.700. The van der Waals surface area contributed by atoms with E-state index in [0.717, 1.165) is 6.42 Å². The van der Waals surface area contributed by atoms with Crippen molar-refractivity contribution >= 4 is 5.91 Å². The van der Waals surface area contributed by atoms with Crippen molar-refractivity contribution in [2.75, 3.05) is 6.54 Å². The highest BCUT2D eigenvalue weighted by Gasteiger charge is 2.27. The van der Waals surface area contributed by atoms with E-state index in [1.807, 2.05) is 0 Å². The number of aliphatic hydroxyl groups is 1. The molecule has 122 valence electrons. The van der Waals surface area contributed by atoms with Crippen LogP contribution in [0.2, 0.25) is 0 Å². The van der Waals surface area contributed by atoms with Crippen LogP contribution in [0.25, 0.3) is 0 Å². The van der Waals surface area contributed by atoms with Gasteiger partial charge in [0.25, 0.3) is 0 Å². The minimum Gasteiger partial charge on any atom is -0.382 e. The second-order valence-electron chi connectivity index (χ2n) is 7.10. The maximum Gasteiger partial charge on any atom is 0.250 e. The number of amides is 1. The molecule has 0 aliphatic heterocycles. The van der Waals surface area contributed by atoms with Crippen LogP contribution in [0, 0.1) is 11.8 Å². The zero-order valence-electron chi connectivity index (χ0n) is 13.2. The van der Waals surface area contributed by atoms with E-state index < -0.39 is 12.1 Å². The molecule has 0 bridgehead atoms. The van der Waals surface area contributed by atoms with E-state index in [0.29, 0.717) is 18.4 Å². The van der Waals surface area contributed by atoms with Crippen LogP contribution in [0.15, 0.2) is 0 Å². The number of nitrogens with two attached hydrogens (primary N) is 1. The van der Waals surface area contributed by atoms with Crippen molar-refractivity contribution in [1.29, 1.82) is 0 Å². The van der Waals surface area contributed by atoms with Gasteiger partial charge < -0.3 is 16.2 Å². The highest BCUT2D eigenvalue weighted by atomic mass is 16.3. The third-order valence-electron chi connectivity index (χ3n) is 5.29. The minimum atomic E-state index is -1.05. The Hall–Kier alpha value is -0.610. The molecular formula is C17H32N2O2. The van der Waals surface area contributed by atoms with Crippen LogP contribution in [0.5, 0.6) is 0 Å². The molecule has 2 atom stereocenters. The van der Waals surface area contributed by atoms with Crippen molar-refractivity contribution < 1.29 is 9.90 Å². The molecule has 0 aromatic heterocycles. The van der Waals surface area contributed by atoms with E-state index in [1.54, 1.807) is 0 Å². The Labute approximate surface area is 128 Å². The summed E-state index contributed by atoms with van der Waals surface area (Å²) < 4.78 is 0. The first kappa shape index (κ1) is 16.8. The molecular weight excluding hydrogens is 264 g/mol. The minimum absolute atomic E-state index is 0.274. The molecule has 2 fully saturated rings. The van der Waals surface area contributed by atoms with Gasteiger partial charge in [0, 0.05) is 12.6 Å². The fourth-order valence-corrected chi connectivity index (χ4v) is 3.87. The van der Waals surface area contributed by atoms with Gasteiger partial charge in [-0.2, -0.15) is 0 Å². The fraction of sp³-hybridized carbons (Fsp3) is 0.941. The first-order chi connectivity index (χ1) is 10.2. The smallest absolute Gasteiger partial charge is 0.250 e. The molecule has 2 aliphatic rings. The maximum absolute atomic E-state index is 12.0. The van der Waals surface area contributed by atoms with Gasteiger partial charge in [-0.15, -0.1) is 0 Å². The van der Waals surface area contributed by atoms with E-state index in [4.69, 9.17) is 5.73 Å². The van der Waals surface area contributed by atoms with Crippen LogP contribution < -0.4 is 11.1 Å². The summed E-state index contributed by atoms with van der Waals surface area (Å²) in [5.41, 5.74) is 6.05. The summed E-state index contributed by atoms with van der Waals surface area (Å²) in [4.78, 5) is 12.0. The van der Waals surface area contributed by atoms with Gasteiger partial charge in [0.1, 0.15) is 6.10 Å². The monoisotopic (exact) mass is 296 g/mol. The lowest BCUT2D eigenvalue weighted by atomic mass is 9.84. The van der Waals surface area contributed by atoms with Crippen molar-refractivity contribution in [2.24, 2.45) is 17.6 Å². The van der Waals surface area contributed by atoms with Gasteiger partial charge in [0.15, 0.2) is 0 Å². The van der Waals surface area contributed by atoms with Gasteiger partial charge in [-0.1, -0.05) is 51.4 Å². The largest absolute Gasteiger partial charge is 0.382 e. The molecule has 1 unspecified atom stereocenters. The van der Waals surface area contributed by atoms with Crippen molar-refractivity contribution in [3.05, 3.63) is 0 Å². The summed E-state index contributed by atoms with van der Waals surface area (Å²) in [5, 5.41) is 13.0. The number of carbonyl (C=O) groups excluding carboxylic acids is 1. The van der Waals surface area contributed by atoms with Crippen LogP contribution >= 0.6 is 0 Å². The van der Waals surface area contributed by atoms with E-state index >= 15 is 0 Å². The lowest BCUT2D eigenvalue weighted by molar-refractivity contribution is -0.130. The third-order valence-corrected chi connectivity index (χ3v) is 5.29. The Bertz CT molecular complexity index is 310. The molecule has 21 heavy (non-hydrogen) atoms. The molecule has 0 radical (unpaired) electrons. The first-order valence-corrected chi connectivity index (χ1v) is 8.88. The number of hydrogen-bond acceptors (Lipinski definition) is 3. The second-order valence-corrected chi connectivity index (χ2v) is 7.10. The van der Waals surface area contributed by atoms with Crippen LogP contribution in [-0.4, -0.2) is 29.7 Å². The predicted molar refractivity (Wildman–Crippen MR) is 84.8 cm³/mol. The van der Waals surface area contributed by atoms with E-state index in [2.05, 4.69) is 5.32 Å². The van der Waals surface area contributed by atoms with Crippen LogP contribution in [0.3, 0.4) is 0 Å². The summed E-state index contributed by atoms with van der Waals surface area (Å²) >= 11 is 0. The van der Waals surface area contributed by atoms with Crippen molar-refractivity contribution in [1.82, 2.24) is 5.32 Å². The number of carbonyl (C=O) groups is 1. The highest BCUT2D eigenvalue weighted by Crippen LogP contribution is 2.27. The zero-order valence-corrected chi connectivity index (χ0v) is 13.2. The third kappa shape index (κ3) is 5.59. The molecule has 4 nitrogen and oxygen atoms in total. The molecule has 2 aliphatic carbocycles. The first-order valence-electron chi connectivity index (χ1n) is 8.88. The van der Waals surface area contributed by atoms with Gasteiger partial charge in [-0.3, -0.25) is 4.79 Å². The van der Waals surface area contributed by atoms with Crippen molar-refractivity contribution in [3.8, 4) is 0 Å². The van der Waals surface area contributed by atoms with E-state index in [-0.39, 0.29) is 5.91 Å². The van der Waals surface area contributed by atoms with Gasteiger partial charge >= 0.3 is 0 Å². The van der Waals surface area contributed by atoms with Gasteiger partial charge in [0.05, 0.1) is 0 Å². The Morgan fingerprint density at radius 1 is 1.00 bits per heavy atom. The molecule has 0 aromatic rings. The summed E-state index contributed by atoms with van der Waals surface area (Å²) in [6, 6.07) is -0.417. The summed E-state index contributed by atoms with van der Waals surface area (Å²) in [7, 11) is 0. The lowest BCUT2D eigenvalue weighted by Crippen LogP contribution is -2.48. The van der Waals surface area contributed by atoms with Crippen molar-refractivity contribution in [3.63, 3.8) is 0 Å². The molecule has 0 aromatic carbocycles. The molecule has 4 N–H and O–H groups in total. The standard InChI is InChI=1S/C17H32N2O2/c18-15(11-13-7-3-1-4-8-13)16(20)17(21)19-12-14-9-5-2-6-10-14/h13-16,20H,1-12,18H2,(H,19,21)/t15-,16?/m1/s1. The SMILES string of the molecule is N[C@H](CC1CCCCC1)C(O)C(=O)NCC1CCCCC1.